The first-order valence-corrected chi connectivity index (χ1v) is 10.3. The molecule has 0 fully saturated rings. The lowest BCUT2D eigenvalue weighted by Crippen LogP contribution is -2.26. The number of rotatable bonds is 6. The predicted octanol–water partition coefficient (Wildman–Crippen LogP) is 4.96. The Kier molecular flexibility index (Phi) is 6.67. The second kappa shape index (κ2) is 9.39. The Bertz CT molecular complexity index is 1020. The molecule has 1 aromatic heterocycles. The van der Waals surface area contributed by atoms with Crippen molar-refractivity contribution in [3.05, 3.63) is 89.1 Å². The molecule has 3 aromatic rings. The van der Waals surface area contributed by atoms with Gasteiger partial charge in [0, 0.05) is 17.4 Å². The Hall–Kier alpha value is -3.12. The van der Waals surface area contributed by atoms with Gasteiger partial charge in [-0.25, -0.2) is 9.78 Å². The first-order chi connectivity index (χ1) is 14.0. The molecule has 1 atom stereocenters. The van der Waals surface area contributed by atoms with E-state index in [4.69, 9.17) is 4.74 Å². The van der Waals surface area contributed by atoms with Gasteiger partial charge in [0.2, 0.25) is 6.10 Å². The van der Waals surface area contributed by atoms with Gasteiger partial charge in [-0.3, -0.25) is 4.79 Å². The average molecular weight is 407 g/mol. The summed E-state index contributed by atoms with van der Waals surface area (Å²) in [7, 11) is 0. The van der Waals surface area contributed by atoms with Crippen molar-refractivity contribution in [2.24, 2.45) is 0 Å². The SMILES string of the molecule is CSc1ncccc1C(=O)OC(C(=O)Nc1cc(C)ccc1C)c1ccccc1. The van der Waals surface area contributed by atoms with E-state index in [2.05, 4.69) is 10.3 Å². The van der Waals surface area contributed by atoms with Crippen LogP contribution in [0, 0.1) is 13.8 Å². The molecular weight excluding hydrogens is 384 g/mol. The number of esters is 1. The molecule has 1 amide bonds. The Labute approximate surface area is 174 Å². The van der Waals surface area contributed by atoms with Gasteiger partial charge in [-0.2, -0.15) is 0 Å². The first-order valence-electron chi connectivity index (χ1n) is 9.12. The number of carbonyl (C=O) groups is 2. The lowest BCUT2D eigenvalue weighted by Gasteiger charge is -2.19. The normalized spacial score (nSPS) is 11.6. The number of benzene rings is 2. The zero-order valence-corrected chi connectivity index (χ0v) is 17.3. The maximum absolute atomic E-state index is 13.1. The summed E-state index contributed by atoms with van der Waals surface area (Å²) in [6.45, 7) is 3.87. The summed E-state index contributed by atoms with van der Waals surface area (Å²) in [5.74, 6) is -1.000. The topological polar surface area (TPSA) is 68.3 Å². The van der Waals surface area contributed by atoms with Crippen molar-refractivity contribution in [3.8, 4) is 0 Å². The smallest absolute Gasteiger partial charge is 0.342 e. The van der Waals surface area contributed by atoms with Gasteiger partial charge in [0.1, 0.15) is 5.03 Å². The van der Waals surface area contributed by atoms with Gasteiger partial charge in [0.25, 0.3) is 5.91 Å². The molecule has 148 valence electrons. The van der Waals surface area contributed by atoms with Gasteiger partial charge in [0.15, 0.2) is 0 Å². The minimum atomic E-state index is -1.08. The summed E-state index contributed by atoms with van der Waals surface area (Å²) < 4.78 is 5.66. The van der Waals surface area contributed by atoms with Gasteiger partial charge < -0.3 is 10.1 Å². The maximum atomic E-state index is 13.1. The molecule has 1 unspecified atom stereocenters. The van der Waals surface area contributed by atoms with Crippen LogP contribution in [0.2, 0.25) is 0 Å². The number of hydrogen-bond acceptors (Lipinski definition) is 5. The van der Waals surface area contributed by atoms with Gasteiger partial charge in [0.05, 0.1) is 5.56 Å². The van der Waals surface area contributed by atoms with Crippen LogP contribution in [-0.4, -0.2) is 23.1 Å². The van der Waals surface area contributed by atoms with Crippen molar-refractivity contribution in [1.82, 2.24) is 4.98 Å². The number of thioether (sulfide) groups is 1. The third kappa shape index (κ3) is 5.03. The average Bonchev–Trinajstić information content (AvgIpc) is 2.74. The lowest BCUT2D eigenvalue weighted by atomic mass is 10.1. The molecule has 0 spiro atoms. The van der Waals surface area contributed by atoms with Crippen LogP contribution in [0.5, 0.6) is 0 Å². The first kappa shape index (κ1) is 20.6. The molecule has 0 saturated carbocycles. The van der Waals surface area contributed by atoms with Crippen LogP contribution in [0.3, 0.4) is 0 Å². The highest BCUT2D eigenvalue weighted by molar-refractivity contribution is 7.98. The Morgan fingerprint density at radius 2 is 1.79 bits per heavy atom. The Morgan fingerprint density at radius 3 is 2.52 bits per heavy atom. The van der Waals surface area contributed by atoms with Crippen LogP contribution >= 0.6 is 11.8 Å². The molecule has 5 nitrogen and oxygen atoms in total. The number of nitrogens with one attached hydrogen (secondary N) is 1. The summed E-state index contributed by atoms with van der Waals surface area (Å²) in [5.41, 5.74) is 3.58. The molecule has 0 saturated heterocycles. The van der Waals surface area contributed by atoms with Crippen molar-refractivity contribution in [1.29, 1.82) is 0 Å². The highest BCUT2D eigenvalue weighted by atomic mass is 32.2. The Balaban J connectivity index is 1.90. The fourth-order valence-electron chi connectivity index (χ4n) is 2.85. The van der Waals surface area contributed by atoms with E-state index >= 15 is 0 Å². The van der Waals surface area contributed by atoms with E-state index in [1.54, 1.807) is 42.6 Å². The molecule has 1 N–H and O–H groups in total. The largest absolute Gasteiger partial charge is 0.444 e. The minimum Gasteiger partial charge on any atom is -0.444 e. The van der Waals surface area contributed by atoms with Gasteiger partial charge >= 0.3 is 5.97 Å². The van der Waals surface area contributed by atoms with Crippen LogP contribution in [0.15, 0.2) is 71.9 Å². The number of carbonyl (C=O) groups excluding carboxylic acids is 2. The number of amides is 1. The zero-order chi connectivity index (χ0) is 20.8. The number of aromatic nitrogens is 1. The zero-order valence-electron chi connectivity index (χ0n) is 16.5. The second-order valence-electron chi connectivity index (χ2n) is 6.56. The molecule has 0 aliphatic heterocycles. The van der Waals surface area contributed by atoms with Crippen LogP contribution in [0.1, 0.15) is 33.2 Å². The fourth-order valence-corrected chi connectivity index (χ4v) is 3.39. The molecule has 0 aliphatic carbocycles. The monoisotopic (exact) mass is 406 g/mol. The summed E-state index contributed by atoms with van der Waals surface area (Å²) in [6, 6.07) is 18.1. The number of pyridine rings is 1. The second-order valence-corrected chi connectivity index (χ2v) is 7.36. The van der Waals surface area contributed by atoms with E-state index in [1.165, 1.54) is 11.8 Å². The highest BCUT2D eigenvalue weighted by Gasteiger charge is 2.27. The molecule has 1 heterocycles. The standard InChI is InChI=1S/C23H22N2O3S/c1-15-11-12-16(2)19(14-15)25-21(26)20(17-8-5-4-6-9-17)28-23(27)18-10-7-13-24-22(18)29-3/h4-14,20H,1-3H3,(H,25,26). The van der Waals surface area contributed by atoms with Crippen molar-refractivity contribution < 1.29 is 14.3 Å². The number of nitrogens with zero attached hydrogens (tertiary/aromatic N) is 1. The Morgan fingerprint density at radius 1 is 1.03 bits per heavy atom. The van der Waals surface area contributed by atoms with Crippen LogP contribution in [0.25, 0.3) is 0 Å². The van der Waals surface area contributed by atoms with Crippen LogP contribution in [-0.2, 0) is 9.53 Å². The van der Waals surface area contributed by atoms with E-state index in [9.17, 15) is 9.59 Å². The van der Waals surface area contributed by atoms with Gasteiger partial charge in [-0.05, 0) is 49.4 Å². The summed E-state index contributed by atoms with van der Waals surface area (Å²) in [5, 5.41) is 3.45. The van der Waals surface area contributed by atoms with Crippen molar-refractivity contribution in [2.75, 3.05) is 11.6 Å². The highest BCUT2D eigenvalue weighted by Crippen LogP contribution is 2.25. The van der Waals surface area contributed by atoms with Crippen LogP contribution in [0.4, 0.5) is 5.69 Å². The summed E-state index contributed by atoms with van der Waals surface area (Å²) in [6.07, 6.45) is 2.37. The molecule has 3 rings (SSSR count). The van der Waals surface area contributed by atoms with Crippen molar-refractivity contribution in [2.45, 2.75) is 25.0 Å². The molecule has 6 heteroatoms. The van der Waals surface area contributed by atoms with E-state index in [1.807, 2.05) is 44.4 Å². The number of anilines is 1. The van der Waals surface area contributed by atoms with Crippen molar-refractivity contribution >= 4 is 29.3 Å². The lowest BCUT2D eigenvalue weighted by molar-refractivity contribution is -0.125. The van der Waals surface area contributed by atoms with Gasteiger partial charge in [-0.1, -0.05) is 42.5 Å². The minimum absolute atomic E-state index is 0.334. The van der Waals surface area contributed by atoms with E-state index in [0.29, 0.717) is 21.8 Å². The van der Waals surface area contributed by atoms with E-state index in [0.717, 1.165) is 11.1 Å². The number of aryl methyl sites for hydroxylation is 2. The van der Waals surface area contributed by atoms with Gasteiger partial charge in [-0.15, -0.1) is 11.8 Å². The molecular formula is C23H22N2O3S. The quantitative estimate of drug-likeness (QED) is 0.463. The third-order valence-electron chi connectivity index (χ3n) is 4.40. The summed E-state index contributed by atoms with van der Waals surface area (Å²) >= 11 is 1.35. The molecule has 0 aliphatic rings. The predicted molar refractivity (Wildman–Crippen MR) is 115 cm³/mol. The third-order valence-corrected chi connectivity index (χ3v) is 5.11. The van der Waals surface area contributed by atoms with E-state index in [-0.39, 0.29) is 0 Å². The number of hydrogen-bond donors (Lipinski definition) is 1. The van der Waals surface area contributed by atoms with E-state index < -0.39 is 18.0 Å². The van der Waals surface area contributed by atoms with Crippen molar-refractivity contribution in [3.63, 3.8) is 0 Å². The molecule has 29 heavy (non-hydrogen) atoms. The fraction of sp³-hybridized carbons (Fsp3) is 0.174. The molecule has 0 bridgehead atoms. The number of ether oxygens (including phenoxy) is 1. The van der Waals surface area contributed by atoms with Crippen LogP contribution < -0.4 is 5.32 Å². The summed E-state index contributed by atoms with van der Waals surface area (Å²) in [4.78, 5) is 30.1. The maximum Gasteiger partial charge on any atom is 0.342 e. The molecule has 0 radical (unpaired) electrons. The molecule has 2 aromatic carbocycles.